The number of halogens is 1. The number of ether oxygens (including phenoxy) is 2. The number of benzene rings is 2. The van der Waals surface area contributed by atoms with Crippen LogP contribution in [0, 0.1) is 5.82 Å². The number of rotatable bonds is 8. The van der Waals surface area contributed by atoms with Gasteiger partial charge in [-0.25, -0.2) is 4.39 Å². The first-order valence-corrected chi connectivity index (χ1v) is 11.1. The smallest absolute Gasteiger partial charge is 0.196 e. The Balaban J connectivity index is 1.66. The van der Waals surface area contributed by atoms with Crippen LogP contribution in [0.5, 0.6) is 11.5 Å². The summed E-state index contributed by atoms with van der Waals surface area (Å²) < 4.78 is 26.3. The van der Waals surface area contributed by atoms with E-state index < -0.39 is 5.82 Å². The molecule has 0 saturated heterocycles. The molecule has 0 aliphatic carbocycles. The fourth-order valence-electron chi connectivity index (χ4n) is 3.01. The summed E-state index contributed by atoms with van der Waals surface area (Å²) in [7, 11) is 2.98. The average molecular weight is 456 g/mol. The average Bonchev–Trinajstić information content (AvgIpc) is 3.47. The fourth-order valence-corrected chi connectivity index (χ4v) is 4.55. The number of ketones is 1. The number of thiophene rings is 1. The molecule has 0 fully saturated rings. The van der Waals surface area contributed by atoms with Gasteiger partial charge in [-0.2, -0.15) is 0 Å². The molecule has 0 N–H and O–H groups in total. The largest absolute Gasteiger partial charge is 0.495 e. The molecule has 0 aliphatic rings. The Bertz CT molecular complexity index is 1210. The lowest BCUT2D eigenvalue weighted by Gasteiger charge is -2.13. The zero-order valence-electron chi connectivity index (χ0n) is 16.7. The van der Waals surface area contributed by atoms with E-state index in [1.54, 1.807) is 24.5 Å². The highest BCUT2D eigenvalue weighted by Gasteiger charge is 2.21. The van der Waals surface area contributed by atoms with Gasteiger partial charge in [0, 0.05) is 5.56 Å². The number of nitrogens with zero attached hydrogens (tertiary/aromatic N) is 3. The topological polar surface area (TPSA) is 66.2 Å². The number of thioether (sulfide) groups is 1. The molecular formula is C22H18FN3O3S2. The third-order valence-electron chi connectivity index (χ3n) is 4.51. The van der Waals surface area contributed by atoms with Crippen LogP contribution in [0.3, 0.4) is 0 Å². The summed E-state index contributed by atoms with van der Waals surface area (Å²) in [6.07, 6.45) is 0. The number of hydrogen-bond acceptors (Lipinski definition) is 7. The monoisotopic (exact) mass is 455 g/mol. The lowest BCUT2D eigenvalue weighted by atomic mass is 10.1. The van der Waals surface area contributed by atoms with Crippen LogP contribution in [0.2, 0.25) is 0 Å². The summed E-state index contributed by atoms with van der Waals surface area (Å²) in [5.41, 5.74) is 1.04. The predicted octanol–water partition coefficient (Wildman–Crippen LogP) is 5.13. The molecule has 4 rings (SSSR count). The van der Waals surface area contributed by atoms with E-state index in [1.807, 2.05) is 46.3 Å². The van der Waals surface area contributed by atoms with Gasteiger partial charge in [-0.3, -0.25) is 9.36 Å². The van der Waals surface area contributed by atoms with Crippen molar-refractivity contribution in [1.82, 2.24) is 14.8 Å². The molecule has 0 saturated carbocycles. The van der Waals surface area contributed by atoms with E-state index in [2.05, 4.69) is 10.2 Å². The van der Waals surface area contributed by atoms with E-state index in [1.165, 1.54) is 31.0 Å². The maximum absolute atomic E-state index is 14.0. The Labute approximate surface area is 186 Å². The molecule has 0 amide bonds. The maximum atomic E-state index is 14.0. The molecule has 9 heteroatoms. The Morgan fingerprint density at radius 3 is 2.58 bits per heavy atom. The van der Waals surface area contributed by atoms with Gasteiger partial charge in [0.05, 0.1) is 30.5 Å². The molecule has 2 aromatic heterocycles. The SMILES string of the molecule is COc1ccc(C(=O)CSc2nnc(-c3cccs3)n2-c2ccccc2OC)cc1F. The Hall–Kier alpha value is -3.17. The highest BCUT2D eigenvalue weighted by atomic mass is 32.2. The van der Waals surface area contributed by atoms with Crippen molar-refractivity contribution in [2.24, 2.45) is 0 Å². The zero-order valence-corrected chi connectivity index (χ0v) is 18.4. The lowest BCUT2D eigenvalue weighted by Crippen LogP contribution is -2.06. The van der Waals surface area contributed by atoms with Crippen molar-refractivity contribution < 1.29 is 18.7 Å². The third kappa shape index (κ3) is 4.33. The van der Waals surface area contributed by atoms with Gasteiger partial charge in [0.1, 0.15) is 5.75 Å². The van der Waals surface area contributed by atoms with Gasteiger partial charge in [0.2, 0.25) is 0 Å². The first-order chi connectivity index (χ1) is 15.1. The van der Waals surface area contributed by atoms with Gasteiger partial charge in [-0.1, -0.05) is 30.0 Å². The van der Waals surface area contributed by atoms with E-state index >= 15 is 0 Å². The Kier molecular flexibility index (Phi) is 6.34. The number of methoxy groups -OCH3 is 2. The summed E-state index contributed by atoms with van der Waals surface area (Å²) in [5, 5.41) is 11.2. The molecule has 2 aromatic carbocycles. The van der Waals surface area contributed by atoms with E-state index in [0.29, 0.717) is 16.7 Å². The minimum Gasteiger partial charge on any atom is -0.495 e. The van der Waals surface area contributed by atoms with Crippen molar-refractivity contribution in [3.8, 4) is 27.9 Å². The molecule has 0 unspecified atom stereocenters. The number of carbonyl (C=O) groups excluding carboxylic acids is 1. The number of hydrogen-bond donors (Lipinski definition) is 0. The van der Waals surface area contributed by atoms with Crippen molar-refractivity contribution in [3.05, 3.63) is 71.4 Å². The summed E-state index contributed by atoms with van der Waals surface area (Å²) >= 11 is 2.78. The van der Waals surface area contributed by atoms with Crippen LogP contribution in [0.4, 0.5) is 4.39 Å². The molecule has 2 heterocycles. The van der Waals surface area contributed by atoms with Crippen LogP contribution in [0.15, 0.2) is 65.1 Å². The first kappa shape index (κ1) is 21.1. The van der Waals surface area contributed by atoms with Gasteiger partial charge in [0.25, 0.3) is 0 Å². The number of aromatic nitrogens is 3. The first-order valence-electron chi connectivity index (χ1n) is 9.24. The summed E-state index contributed by atoms with van der Waals surface area (Å²) in [5.74, 6) is 0.689. The highest BCUT2D eigenvalue weighted by molar-refractivity contribution is 7.99. The van der Waals surface area contributed by atoms with Crippen molar-refractivity contribution in [2.75, 3.05) is 20.0 Å². The molecule has 0 bridgehead atoms. The fraction of sp³-hybridized carbons (Fsp3) is 0.136. The highest BCUT2D eigenvalue weighted by Crippen LogP contribution is 2.34. The van der Waals surface area contributed by atoms with Crippen LogP contribution in [0.25, 0.3) is 16.4 Å². The minimum absolute atomic E-state index is 0.0729. The standard InChI is InChI=1S/C22H18FN3O3S2/c1-28-18-10-9-14(12-15(18)23)17(27)13-31-22-25-24-21(20-8-5-11-30-20)26(22)16-6-3-4-7-19(16)29-2/h3-12H,13H2,1-2H3. The lowest BCUT2D eigenvalue weighted by molar-refractivity contribution is 0.102. The second-order valence-electron chi connectivity index (χ2n) is 6.35. The van der Waals surface area contributed by atoms with Crippen molar-refractivity contribution >= 4 is 28.9 Å². The van der Waals surface area contributed by atoms with Crippen molar-refractivity contribution in [1.29, 1.82) is 0 Å². The number of para-hydroxylation sites is 2. The summed E-state index contributed by atoms with van der Waals surface area (Å²) in [6.45, 7) is 0. The quantitative estimate of drug-likeness (QED) is 0.271. The van der Waals surface area contributed by atoms with E-state index in [4.69, 9.17) is 9.47 Å². The minimum atomic E-state index is -0.574. The van der Waals surface area contributed by atoms with Gasteiger partial charge >= 0.3 is 0 Å². The van der Waals surface area contributed by atoms with Crippen LogP contribution >= 0.6 is 23.1 Å². The van der Waals surface area contributed by atoms with E-state index in [9.17, 15) is 9.18 Å². The van der Waals surface area contributed by atoms with Crippen LogP contribution < -0.4 is 9.47 Å². The van der Waals surface area contributed by atoms with Gasteiger partial charge in [-0.15, -0.1) is 21.5 Å². The molecule has 158 valence electrons. The number of carbonyl (C=O) groups is 1. The summed E-state index contributed by atoms with van der Waals surface area (Å²) in [6, 6.07) is 15.6. The van der Waals surface area contributed by atoms with Crippen LogP contribution in [-0.2, 0) is 0 Å². The van der Waals surface area contributed by atoms with Gasteiger partial charge in [0.15, 0.2) is 28.3 Å². The van der Waals surface area contributed by atoms with Gasteiger partial charge in [-0.05, 0) is 41.8 Å². The second kappa shape index (κ2) is 9.32. The Morgan fingerprint density at radius 2 is 1.87 bits per heavy atom. The van der Waals surface area contributed by atoms with Crippen molar-refractivity contribution in [3.63, 3.8) is 0 Å². The molecule has 6 nitrogen and oxygen atoms in total. The summed E-state index contributed by atoms with van der Waals surface area (Å²) in [4.78, 5) is 13.6. The predicted molar refractivity (Wildman–Crippen MR) is 119 cm³/mol. The number of Topliss-reactive ketones (excluding diaryl/α,β-unsaturated/α-hetero) is 1. The van der Waals surface area contributed by atoms with Crippen molar-refractivity contribution in [2.45, 2.75) is 5.16 Å². The third-order valence-corrected chi connectivity index (χ3v) is 6.30. The second-order valence-corrected chi connectivity index (χ2v) is 8.24. The molecular weight excluding hydrogens is 437 g/mol. The maximum Gasteiger partial charge on any atom is 0.196 e. The molecule has 0 atom stereocenters. The molecule has 0 radical (unpaired) electrons. The molecule has 31 heavy (non-hydrogen) atoms. The van der Waals surface area contributed by atoms with Crippen LogP contribution in [-0.4, -0.2) is 40.5 Å². The van der Waals surface area contributed by atoms with E-state index in [-0.39, 0.29) is 22.8 Å². The van der Waals surface area contributed by atoms with Crippen LogP contribution in [0.1, 0.15) is 10.4 Å². The molecule has 0 aliphatic heterocycles. The normalized spacial score (nSPS) is 10.8. The van der Waals surface area contributed by atoms with E-state index in [0.717, 1.165) is 10.6 Å². The molecule has 0 spiro atoms. The molecule has 4 aromatic rings. The van der Waals surface area contributed by atoms with Gasteiger partial charge < -0.3 is 9.47 Å². The Morgan fingerprint density at radius 1 is 1.06 bits per heavy atom. The zero-order chi connectivity index (χ0) is 21.8.